The number of carbonyl (C=O) groups is 1. The van der Waals surface area contributed by atoms with Crippen LogP contribution in [0.3, 0.4) is 0 Å². The standard InChI is InChI=1S/C13H15NO3/c1-8-7-10-9(3-6-13(16)17)12(15)5-4-11(10)14(8)2/h4-5,7,15H,3,6H2,1-2H3,(H,16,17). The highest BCUT2D eigenvalue weighted by Crippen LogP contribution is 2.30. The average Bonchev–Trinajstić information content (AvgIpc) is 2.54. The van der Waals surface area contributed by atoms with Gasteiger partial charge in [0.2, 0.25) is 0 Å². The third-order valence-electron chi connectivity index (χ3n) is 3.14. The molecule has 17 heavy (non-hydrogen) atoms. The van der Waals surface area contributed by atoms with Crippen LogP contribution in [-0.2, 0) is 18.3 Å². The molecule has 0 aliphatic carbocycles. The Morgan fingerprint density at radius 2 is 2.12 bits per heavy atom. The predicted molar refractivity (Wildman–Crippen MR) is 65.3 cm³/mol. The summed E-state index contributed by atoms with van der Waals surface area (Å²) in [6, 6.07) is 5.45. The second kappa shape index (κ2) is 4.13. The third kappa shape index (κ3) is 1.98. The fourth-order valence-corrected chi connectivity index (χ4v) is 2.08. The molecule has 0 radical (unpaired) electrons. The largest absolute Gasteiger partial charge is 0.508 e. The number of rotatable bonds is 3. The van der Waals surface area contributed by atoms with Gasteiger partial charge >= 0.3 is 5.97 Å². The number of aliphatic carboxylic acids is 1. The molecule has 0 amide bonds. The summed E-state index contributed by atoms with van der Waals surface area (Å²) < 4.78 is 2.03. The summed E-state index contributed by atoms with van der Waals surface area (Å²) in [6.45, 7) is 1.98. The molecule has 0 bridgehead atoms. The van der Waals surface area contributed by atoms with Crippen molar-refractivity contribution in [2.75, 3.05) is 0 Å². The van der Waals surface area contributed by atoms with Crippen LogP contribution < -0.4 is 0 Å². The maximum Gasteiger partial charge on any atom is 0.303 e. The van der Waals surface area contributed by atoms with Gasteiger partial charge in [-0.15, -0.1) is 0 Å². The van der Waals surface area contributed by atoms with Crippen molar-refractivity contribution in [3.05, 3.63) is 29.5 Å². The van der Waals surface area contributed by atoms with E-state index in [-0.39, 0.29) is 12.2 Å². The van der Waals surface area contributed by atoms with Crippen LogP contribution in [0.1, 0.15) is 17.7 Å². The van der Waals surface area contributed by atoms with Gasteiger partial charge in [0.25, 0.3) is 0 Å². The zero-order chi connectivity index (χ0) is 12.6. The SMILES string of the molecule is Cc1cc2c(CCC(=O)O)c(O)ccc2n1C. The van der Waals surface area contributed by atoms with Crippen molar-refractivity contribution >= 4 is 16.9 Å². The number of phenols is 1. The molecule has 90 valence electrons. The molecule has 0 unspecified atom stereocenters. The number of aromatic hydroxyl groups is 1. The Bertz CT molecular complexity index is 584. The molecule has 0 saturated heterocycles. The van der Waals surface area contributed by atoms with E-state index in [4.69, 9.17) is 5.11 Å². The summed E-state index contributed by atoms with van der Waals surface area (Å²) in [5, 5.41) is 19.5. The van der Waals surface area contributed by atoms with E-state index < -0.39 is 5.97 Å². The lowest BCUT2D eigenvalue weighted by molar-refractivity contribution is -0.136. The number of carboxylic acid groups (broad SMARTS) is 1. The van der Waals surface area contributed by atoms with Crippen LogP contribution in [0.25, 0.3) is 10.9 Å². The molecule has 0 saturated carbocycles. The normalized spacial score (nSPS) is 10.9. The molecule has 2 N–H and O–H groups in total. The molecule has 0 fully saturated rings. The van der Waals surface area contributed by atoms with E-state index in [0.717, 1.165) is 16.6 Å². The number of hydrogen-bond acceptors (Lipinski definition) is 2. The summed E-state index contributed by atoms with van der Waals surface area (Å²) in [6.07, 6.45) is 0.378. The minimum absolute atomic E-state index is 0.0284. The number of nitrogens with zero attached hydrogens (tertiary/aromatic N) is 1. The number of aryl methyl sites for hydroxylation is 3. The van der Waals surface area contributed by atoms with Gasteiger partial charge in [-0.05, 0) is 31.5 Å². The highest BCUT2D eigenvalue weighted by molar-refractivity contribution is 5.87. The minimum atomic E-state index is -0.853. The molecule has 0 atom stereocenters. The zero-order valence-corrected chi connectivity index (χ0v) is 9.90. The molecule has 2 rings (SSSR count). The lowest BCUT2D eigenvalue weighted by Crippen LogP contribution is -1.98. The van der Waals surface area contributed by atoms with Crippen LogP contribution in [0.5, 0.6) is 5.75 Å². The van der Waals surface area contributed by atoms with Crippen molar-refractivity contribution < 1.29 is 15.0 Å². The second-order valence-electron chi connectivity index (χ2n) is 4.23. The Labute approximate surface area is 99.1 Å². The predicted octanol–water partition coefficient (Wildman–Crippen LogP) is 2.21. The van der Waals surface area contributed by atoms with Crippen LogP contribution >= 0.6 is 0 Å². The lowest BCUT2D eigenvalue weighted by atomic mass is 10.0. The first-order valence-corrected chi connectivity index (χ1v) is 5.49. The lowest BCUT2D eigenvalue weighted by Gasteiger charge is -2.06. The van der Waals surface area contributed by atoms with Gasteiger partial charge in [0.05, 0.1) is 0 Å². The third-order valence-corrected chi connectivity index (χ3v) is 3.14. The van der Waals surface area contributed by atoms with Gasteiger partial charge in [0.15, 0.2) is 0 Å². The number of hydrogen-bond donors (Lipinski definition) is 2. The van der Waals surface area contributed by atoms with Crippen molar-refractivity contribution in [1.82, 2.24) is 4.57 Å². The summed E-state index contributed by atoms with van der Waals surface area (Å²) >= 11 is 0. The van der Waals surface area contributed by atoms with Crippen LogP contribution in [0, 0.1) is 6.92 Å². The summed E-state index contributed by atoms with van der Waals surface area (Å²) in [5.74, 6) is -0.682. The first-order valence-electron chi connectivity index (χ1n) is 5.49. The maximum atomic E-state index is 10.6. The molecular formula is C13H15NO3. The molecule has 0 aliphatic heterocycles. The van der Waals surface area contributed by atoms with Gasteiger partial charge in [0, 0.05) is 35.6 Å². The van der Waals surface area contributed by atoms with Crippen molar-refractivity contribution in [1.29, 1.82) is 0 Å². The zero-order valence-electron chi connectivity index (χ0n) is 9.90. The van der Waals surface area contributed by atoms with Gasteiger partial charge in [-0.2, -0.15) is 0 Å². The topological polar surface area (TPSA) is 62.5 Å². The summed E-state index contributed by atoms with van der Waals surface area (Å²) in [7, 11) is 1.95. The van der Waals surface area contributed by atoms with Gasteiger partial charge in [-0.3, -0.25) is 4.79 Å². The first kappa shape index (κ1) is 11.5. The van der Waals surface area contributed by atoms with Crippen molar-refractivity contribution in [3.8, 4) is 5.75 Å². The second-order valence-corrected chi connectivity index (χ2v) is 4.23. The molecule has 4 heteroatoms. The van der Waals surface area contributed by atoms with E-state index >= 15 is 0 Å². The Balaban J connectivity index is 2.55. The van der Waals surface area contributed by atoms with E-state index in [1.165, 1.54) is 0 Å². The van der Waals surface area contributed by atoms with Gasteiger partial charge in [0.1, 0.15) is 5.75 Å². The highest BCUT2D eigenvalue weighted by Gasteiger charge is 2.12. The van der Waals surface area contributed by atoms with Crippen LogP contribution in [0.15, 0.2) is 18.2 Å². The van der Waals surface area contributed by atoms with Crippen molar-refractivity contribution in [3.63, 3.8) is 0 Å². The average molecular weight is 233 g/mol. The first-order chi connectivity index (χ1) is 8.00. The number of phenolic OH excluding ortho intramolecular Hbond substituents is 1. The Morgan fingerprint density at radius 1 is 1.41 bits per heavy atom. The maximum absolute atomic E-state index is 10.6. The molecule has 1 heterocycles. The molecule has 1 aromatic heterocycles. The molecular weight excluding hydrogens is 218 g/mol. The van der Waals surface area contributed by atoms with E-state index in [0.29, 0.717) is 12.0 Å². The number of fused-ring (bicyclic) bond motifs is 1. The fourth-order valence-electron chi connectivity index (χ4n) is 2.08. The molecule has 0 aliphatic rings. The molecule has 2 aromatic rings. The van der Waals surface area contributed by atoms with Crippen LogP contribution in [0.2, 0.25) is 0 Å². The van der Waals surface area contributed by atoms with Gasteiger partial charge in [-0.25, -0.2) is 0 Å². The summed E-state index contributed by atoms with van der Waals surface area (Å²) in [4.78, 5) is 10.6. The van der Waals surface area contributed by atoms with E-state index in [9.17, 15) is 9.90 Å². The van der Waals surface area contributed by atoms with Crippen molar-refractivity contribution in [2.45, 2.75) is 19.8 Å². The van der Waals surface area contributed by atoms with E-state index in [1.807, 2.05) is 30.7 Å². The minimum Gasteiger partial charge on any atom is -0.508 e. The van der Waals surface area contributed by atoms with Crippen molar-refractivity contribution in [2.24, 2.45) is 7.05 Å². The Morgan fingerprint density at radius 3 is 2.76 bits per heavy atom. The fraction of sp³-hybridized carbons (Fsp3) is 0.308. The Hall–Kier alpha value is -1.97. The smallest absolute Gasteiger partial charge is 0.303 e. The van der Waals surface area contributed by atoms with E-state index in [1.54, 1.807) is 6.07 Å². The number of aromatic nitrogens is 1. The van der Waals surface area contributed by atoms with Crippen LogP contribution in [0.4, 0.5) is 0 Å². The number of carboxylic acids is 1. The number of benzene rings is 1. The van der Waals surface area contributed by atoms with Gasteiger partial charge < -0.3 is 14.8 Å². The summed E-state index contributed by atoms with van der Waals surface area (Å²) in [5.41, 5.74) is 2.82. The Kier molecular flexibility index (Phi) is 2.79. The quantitative estimate of drug-likeness (QED) is 0.854. The van der Waals surface area contributed by atoms with E-state index in [2.05, 4.69) is 0 Å². The monoisotopic (exact) mass is 233 g/mol. The molecule has 1 aromatic carbocycles. The van der Waals surface area contributed by atoms with Crippen LogP contribution in [-0.4, -0.2) is 20.7 Å². The highest BCUT2D eigenvalue weighted by atomic mass is 16.4. The van der Waals surface area contributed by atoms with Gasteiger partial charge in [-0.1, -0.05) is 0 Å². The molecule has 4 nitrogen and oxygen atoms in total. The molecule has 0 spiro atoms.